The average molecular weight is 257 g/mol. The molecule has 0 atom stereocenters. The number of amides is 3. The lowest BCUT2D eigenvalue weighted by atomic mass is 10.4. The molecule has 0 spiro atoms. The summed E-state index contributed by atoms with van der Waals surface area (Å²) in [5.41, 5.74) is 0. The van der Waals surface area contributed by atoms with Crippen LogP contribution in [0.3, 0.4) is 0 Å². The summed E-state index contributed by atoms with van der Waals surface area (Å²) in [6.45, 7) is 3.17. The minimum atomic E-state index is -1.05. The van der Waals surface area contributed by atoms with Crippen LogP contribution in [0.2, 0.25) is 0 Å². The van der Waals surface area contributed by atoms with Crippen LogP contribution in [0.15, 0.2) is 0 Å². The Morgan fingerprint density at radius 2 is 1.94 bits per heavy atom. The molecular formula is C11H19N3O4. The minimum Gasteiger partial charge on any atom is -0.480 e. The first kappa shape index (κ1) is 14.3. The second kappa shape index (κ2) is 6.23. The van der Waals surface area contributed by atoms with Crippen LogP contribution < -0.4 is 10.6 Å². The molecule has 1 fully saturated rings. The van der Waals surface area contributed by atoms with E-state index in [0.717, 1.165) is 12.8 Å². The van der Waals surface area contributed by atoms with E-state index in [2.05, 4.69) is 10.6 Å². The number of aliphatic carboxylic acids is 1. The van der Waals surface area contributed by atoms with Crippen molar-refractivity contribution in [1.29, 1.82) is 0 Å². The Bertz CT molecular complexity index is 339. The van der Waals surface area contributed by atoms with Crippen LogP contribution in [-0.4, -0.2) is 53.1 Å². The number of carboxylic acids is 1. The summed E-state index contributed by atoms with van der Waals surface area (Å²) in [6, 6.07) is -0.499. The fourth-order valence-corrected chi connectivity index (χ4v) is 1.53. The van der Waals surface area contributed by atoms with Gasteiger partial charge < -0.3 is 20.6 Å². The number of hydrogen-bond donors (Lipinski definition) is 3. The second-order valence-electron chi connectivity index (χ2n) is 4.63. The zero-order valence-electron chi connectivity index (χ0n) is 10.6. The standard InChI is InChI=1S/C11H19N3O4/c1-7(2)13-9(15)5-12-11(18)14(6-10(16)17)8-3-4-8/h7-8H,3-6H2,1-2H3,(H,12,18)(H,13,15)(H,16,17). The lowest BCUT2D eigenvalue weighted by molar-refractivity contribution is -0.137. The van der Waals surface area contributed by atoms with E-state index in [4.69, 9.17) is 5.11 Å². The molecule has 0 unspecified atom stereocenters. The van der Waals surface area contributed by atoms with E-state index in [-0.39, 0.29) is 31.1 Å². The van der Waals surface area contributed by atoms with Gasteiger partial charge in [-0.1, -0.05) is 0 Å². The molecule has 0 aromatic carbocycles. The normalized spacial score (nSPS) is 14.2. The van der Waals surface area contributed by atoms with E-state index in [1.165, 1.54) is 4.90 Å². The summed E-state index contributed by atoms with van der Waals surface area (Å²) in [7, 11) is 0. The fraction of sp³-hybridized carbons (Fsp3) is 0.727. The van der Waals surface area contributed by atoms with Gasteiger partial charge >= 0.3 is 12.0 Å². The van der Waals surface area contributed by atoms with Crippen molar-refractivity contribution in [2.45, 2.75) is 38.8 Å². The highest BCUT2D eigenvalue weighted by Crippen LogP contribution is 2.26. The molecule has 1 rings (SSSR count). The van der Waals surface area contributed by atoms with Gasteiger partial charge in [-0.25, -0.2) is 4.79 Å². The van der Waals surface area contributed by atoms with Crippen molar-refractivity contribution in [2.24, 2.45) is 0 Å². The number of hydrogen-bond acceptors (Lipinski definition) is 3. The molecule has 7 nitrogen and oxygen atoms in total. The first-order valence-corrected chi connectivity index (χ1v) is 5.95. The summed E-state index contributed by atoms with van der Waals surface area (Å²) in [5, 5.41) is 13.8. The Balaban J connectivity index is 2.37. The van der Waals surface area contributed by atoms with Crippen LogP contribution in [0.5, 0.6) is 0 Å². The number of urea groups is 1. The minimum absolute atomic E-state index is 0.00531. The maximum absolute atomic E-state index is 11.7. The zero-order valence-corrected chi connectivity index (χ0v) is 10.6. The monoisotopic (exact) mass is 257 g/mol. The van der Waals surface area contributed by atoms with Gasteiger partial charge in [-0.2, -0.15) is 0 Å². The van der Waals surface area contributed by atoms with Gasteiger partial charge in [0.1, 0.15) is 6.54 Å². The molecule has 1 saturated carbocycles. The van der Waals surface area contributed by atoms with Crippen LogP contribution in [-0.2, 0) is 9.59 Å². The van der Waals surface area contributed by atoms with Gasteiger partial charge in [0.05, 0.1) is 6.54 Å². The van der Waals surface area contributed by atoms with Gasteiger partial charge in [-0.05, 0) is 26.7 Å². The predicted octanol–water partition coefficient (Wildman–Crippen LogP) is -0.230. The molecule has 1 aliphatic carbocycles. The van der Waals surface area contributed by atoms with E-state index >= 15 is 0 Å². The molecule has 3 amide bonds. The summed E-state index contributed by atoms with van der Waals surface area (Å²) in [6.07, 6.45) is 1.64. The Morgan fingerprint density at radius 3 is 2.39 bits per heavy atom. The summed E-state index contributed by atoms with van der Waals surface area (Å²) >= 11 is 0. The first-order valence-electron chi connectivity index (χ1n) is 5.95. The maximum Gasteiger partial charge on any atom is 0.323 e. The first-order chi connectivity index (χ1) is 8.40. The van der Waals surface area contributed by atoms with Crippen LogP contribution in [0, 0.1) is 0 Å². The zero-order chi connectivity index (χ0) is 13.7. The number of nitrogens with zero attached hydrogens (tertiary/aromatic N) is 1. The van der Waals surface area contributed by atoms with Gasteiger partial charge in [0.25, 0.3) is 0 Å². The second-order valence-corrected chi connectivity index (χ2v) is 4.63. The van der Waals surface area contributed by atoms with Crippen molar-refractivity contribution in [2.75, 3.05) is 13.1 Å². The highest BCUT2D eigenvalue weighted by Gasteiger charge is 2.33. The van der Waals surface area contributed by atoms with Crippen molar-refractivity contribution in [3.05, 3.63) is 0 Å². The highest BCUT2D eigenvalue weighted by molar-refractivity contribution is 5.86. The predicted molar refractivity (Wildman–Crippen MR) is 64.0 cm³/mol. The molecule has 7 heteroatoms. The average Bonchev–Trinajstić information content (AvgIpc) is 3.05. The van der Waals surface area contributed by atoms with Crippen molar-refractivity contribution < 1.29 is 19.5 Å². The molecule has 0 radical (unpaired) electrons. The number of rotatable bonds is 6. The fourth-order valence-electron chi connectivity index (χ4n) is 1.53. The lowest BCUT2D eigenvalue weighted by Gasteiger charge is -2.20. The molecule has 3 N–H and O–H groups in total. The summed E-state index contributed by atoms with van der Waals surface area (Å²) in [4.78, 5) is 34.9. The molecule has 18 heavy (non-hydrogen) atoms. The van der Waals surface area contributed by atoms with Crippen molar-refractivity contribution in [3.63, 3.8) is 0 Å². The number of carbonyl (C=O) groups is 3. The smallest absolute Gasteiger partial charge is 0.323 e. The highest BCUT2D eigenvalue weighted by atomic mass is 16.4. The summed E-state index contributed by atoms with van der Waals surface area (Å²) < 4.78 is 0. The quantitative estimate of drug-likeness (QED) is 0.612. The van der Waals surface area contributed by atoms with Crippen LogP contribution in [0.4, 0.5) is 4.79 Å². The van der Waals surface area contributed by atoms with Crippen LogP contribution >= 0.6 is 0 Å². The van der Waals surface area contributed by atoms with Crippen molar-refractivity contribution in [3.8, 4) is 0 Å². The van der Waals surface area contributed by atoms with Gasteiger partial charge in [0.15, 0.2) is 0 Å². The number of carboxylic acid groups (broad SMARTS) is 1. The molecule has 0 aromatic heterocycles. The van der Waals surface area contributed by atoms with Gasteiger partial charge in [0, 0.05) is 12.1 Å². The van der Waals surface area contributed by atoms with Crippen LogP contribution in [0.25, 0.3) is 0 Å². The SMILES string of the molecule is CC(C)NC(=O)CNC(=O)N(CC(=O)O)C1CC1. The van der Waals surface area contributed by atoms with E-state index < -0.39 is 12.0 Å². The van der Waals surface area contributed by atoms with E-state index in [1.54, 1.807) is 0 Å². The molecule has 1 aliphatic rings. The van der Waals surface area contributed by atoms with Gasteiger partial charge in [-0.3, -0.25) is 9.59 Å². The lowest BCUT2D eigenvalue weighted by Crippen LogP contribution is -2.47. The van der Waals surface area contributed by atoms with E-state index in [9.17, 15) is 14.4 Å². The Morgan fingerprint density at radius 1 is 1.33 bits per heavy atom. The van der Waals surface area contributed by atoms with Crippen molar-refractivity contribution >= 4 is 17.9 Å². The van der Waals surface area contributed by atoms with E-state index in [0.29, 0.717) is 0 Å². The van der Waals surface area contributed by atoms with Gasteiger partial charge in [0.2, 0.25) is 5.91 Å². The molecule has 0 saturated heterocycles. The summed E-state index contributed by atoms with van der Waals surface area (Å²) in [5.74, 6) is -1.34. The number of carbonyl (C=O) groups excluding carboxylic acids is 2. The van der Waals surface area contributed by atoms with Gasteiger partial charge in [-0.15, -0.1) is 0 Å². The molecular weight excluding hydrogens is 238 g/mol. The van der Waals surface area contributed by atoms with Crippen molar-refractivity contribution in [1.82, 2.24) is 15.5 Å². The third-order valence-corrected chi connectivity index (χ3v) is 2.40. The third-order valence-electron chi connectivity index (χ3n) is 2.40. The maximum atomic E-state index is 11.7. The molecule has 0 aromatic rings. The Kier molecular flexibility index (Phi) is 4.94. The molecule has 0 bridgehead atoms. The number of nitrogens with one attached hydrogen (secondary N) is 2. The third kappa shape index (κ3) is 5.03. The molecule has 0 aliphatic heterocycles. The Labute approximate surface area is 106 Å². The topological polar surface area (TPSA) is 98.7 Å². The molecule has 0 heterocycles. The van der Waals surface area contributed by atoms with Crippen LogP contribution in [0.1, 0.15) is 26.7 Å². The molecule has 102 valence electrons. The van der Waals surface area contributed by atoms with E-state index in [1.807, 2.05) is 13.8 Å². The Hall–Kier alpha value is -1.79. The largest absolute Gasteiger partial charge is 0.480 e.